The normalized spacial score (nSPS) is 14.5. The number of aliphatic hydroxyl groups excluding tert-OH is 1. The maximum absolute atomic E-state index is 12.9. The molecule has 0 aliphatic rings. The fourth-order valence-electron chi connectivity index (χ4n) is 7.53. The number of hydrogen-bond donors (Lipinski definition) is 3. The Bertz CT molecular complexity index is 1170. The molecule has 0 rings (SSSR count). The molecule has 0 heterocycles. The van der Waals surface area contributed by atoms with Gasteiger partial charge in [0.15, 0.2) is 0 Å². The van der Waals surface area contributed by atoms with Crippen molar-refractivity contribution in [3.8, 4) is 0 Å². The van der Waals surface area contributed by atoms with Gasteiger partial charge in [0.05, 0.1) is 39.9 Å². The predicted molar refractivity (Wildman–Crippen MR) is 272 cm³/mol. The molecule has 0 fully saturated rings. The Morgan fingerprint density at radius 3 is 1.32 bits per heavy atom. The topological polar surface area (TPSA) is 105 Å². The van der Waals surface area contributed by atoms with Gasteiger partial charge in [0.1, 0.15) is 13.2 Å². The summed E-state index contributed by atoms with van der Waals surface area (Å²) in [6.45, 7) is 4.74. The number of quaternary nitrogens is 1. The van der Waals surface area contributed by atoms with Gasteiger partial charge in [0, 0.05) is 6.42 Å². The lowest BCUT2D eigenvalue weighted by Crippen LogP contribution is -2.45. The van der Waals surface area contributed by atoms with Crippen molar-refractivity contribution in [1.29, 1.82) is 0 Å². The molecule has 3 unspecified atom stereocenters. The summed E-state index contributed by atoms with van der Waals surface area (Å²) in [7, 11) is 1.55. The molecule has 0 aromatic carbocycles. The van der Waals surface area contributed by atoms with E-state index in [4.69, 9.17) is 9.05 Å². The zero-order valence-electron chi connectivity index (χ0n) is 42.1. The fraction of sp³-hybridized carbons (Fsp3) is 0.833. The summed E-state index contributed by atoms with van der Waals surface area (Å²) in [5.74, 6) is -0.191. The number of phosphoric acid groups is 1. The second kappa shape index (κ2) is 45.6. The number of phosphoric ester groups is 1. The third kappa shape index (κ3) is 48.2. The molecule has 8 nitrogen and oxygen atoms in total. The van der Waals surface area contributed by atoms with Crippen LogP contribution in [0.25, 0.3) is 0 Å². The number of aliphatic hydroxyl groups is 1. The zero-order valence-corrected chi connectivity index (χ0v) is 43.0. The van der Waals surface area contributed by atoms with Crippen molar-refractivity contribution < 1.29 is 32.9 Å². The van der Waals surface area contributed by atoms with Crippen molar-refractivity contribution >= 4 is 13.7 Å². The van der Waals surface area contributed by atoms with Crippen LogP contribution >= 0.6 is 7.82 Å². The van der Waals surface area contributed by atoms with Gasteiger partial charge in [-0.15, -0.1) is 0 Å². The summed E-state index contributed by atoms with van der Waals surface area (Å²) >= 11 is 0. The molecule has 3 N–H and O–H groups in total. The van der Waals surface area contributed by atoms with Crippen LogP contribution in [0.1, 0.15) is 239 Å². The highest BCUT2D eigenvalue weighted by Gasteiger charge is 2.27. The summed E-state index contributed by atoms with van der Waals surface area (Å²) in [6.07, 6.45) is 59.4. The van der Waals surface area contributed by atoms with Gasteiger partial charge in [-0.25, -0.2) is 4.57 Å². The van der Waals surface area contributed by atoms with E-state index in [0.717, 1.165) is 51.4 Å². The van der Waals surface area contributed by atoms with Gasteiger partial charge >= 0.3 is 7.82 Å². The van der Waals surface area contributed by atoms with Gasteiger partial charge in [-0.05, 0) is 64.2 Å². The molecule has 0 radical (unpaired) electrons. The second-order valence-electron chi connectivity index (χ2n) is 19.2. The van der Waals surface area contributed by atoms with Gasteiger partial charge in [-0.3, -0.25) is 13.8 Å². The predicted octanol–water partition coefficient (Wildman–Crippen LogP) is 15.6. The Morgan fingerprint density at radius 2 is 0.889 bits per heavy atom. The summed E-state index contributed by atoms with van der Waals surface area (Å²) < 4.78 is 23.6. The highest BCUT2D eigenvalue weighted by atomic mass is 31.2. The lowest BCUT2D eigenvalue weighted by molar-refractivity contribution is -0.870. The van der Waals surface area contributed by atoms with Crippen LogP contribution in [0, 0.1) is 0 Å². The second-order valence-corrected chi connectivity index (χ2v) is 20.7. The lowest BCUT2D eigenvalue weighted by Gasteiger charge is -2.25. The molecule has 0 saturated carbocycles. The molecule has 9 heteroatoms. The van der Waals surface area contributed by atoms with E-state index in [1.54, 1.807) is 6.08 Å². The van der Waals surface area contributed by atoms with Crippen LogP contribution in [0.2, 0.25) is 0 Å². The number of carbonyl (C=O) groups excluding carboxylic acids is 1. The van der Waals surface area contributed by atoms with Crippen LogP contribution in [0.3, 0.4) is 0 Å². The number of allylic oxidation sites excluding steroid dienone is 7. The quantitative estimate of drug-likeness (QED) is 0.0243. The Hall–Kier alpha value is -1.54. The fourth-order valence-corrected chi connectivity index (χ4v) is 8.26. The van der Waals surface area contributed by atoms with Crippen LogP contribution in [0.4, 0.5) is 0 Å². The molecule has 0 bridgehead atoms. The minimum atomic E-state index is -4.35. The van der Waals surface area contributed by atoms with Gasteiger partial charge in [-0.1, -0.05) is 217 Å². The molecule has 0 saturated heterocycles. The highest BCUT2D eigenvalue weighted by Crippen LogP contribution is 2.43. The summed E-state index contributed by atoms with van der Waals surface area (Å²) in [6, 6.07) is -0.868. The monoisotopic (exact) mass is 908 g/mol. The van der Waals surface area contributed by atoms with E-state index in [1.807, 2.05) is 27.2 Å². The number of hydrogen-bond acceptors (Lipinski definition) is 5. The maximum Gasteiger partial charge on any atom is 0.472 e. The van der Waals surface area contributed by atoms with Crippen molar-refractivity contribution in [3.05, 3.63) is 48.6 Å². The van der Waals surface area contributed by atoms with Crippen LogP contribution in [-0.4, -0.2) is 73.4 Å². The molecule has 0 aliphatic heterocycles. The molecule has 63 heavy (non-hydrogen) atoms. The van der Waals surface area contributed by atoms with Crippen LogP contribution in [-0.2, 0) is 18.4 Å². The van der Waals surface area contributed by atoms with Gasteiger partial charge in [0.25, 0.3) is 0 Å². The maximum atomic E-state index is 12.9. The molecule has 0 aromatic rings. The Balaban J connectivity index is 4.10. The van der Waals surface area contributed by atoms with Gasteiger partial charge in [-0.2, -0.15) is 0 Å². The molecule has 0 aromatic heterocycles. The van der Waals surface area contributed by atoms with E-state index < -0.39 is 20.0 Å². The smallest absolute Gasteiger partial charge is 0.387 e. The van der Waals surface area contributed by atoms with E-state index in [2.05, 4.69) is 55.6 Å². The van der Waals surface area contributed by atoms with Crippen LogP contribution in [0.5, 0.6) is 0 Å². The van der Waals surface area contributed by atoms with Gasteiger partial charge in [0.2, 0.25) is 5.91 Å². The number of carbonyl (C=O) groups is 1. The molecule has 0 aliphatic carbocycles. The van der Waals surface area contributed by atoms with Crippen LogP contribution < -0.4 is 5.32 Å². The van der Waals surface area contributed by atoms with Crippen molar-refractivity contribution in [2.75, 3.05) is 40.9 Å². The number of nitrogens with one attached hydrogen (secondary N) is 1. The van der Waals surface area contributed by atoms with E-state index in [9.17, 15) is 19.4 Å². The number of amides is 1. The SMILES string of the molecule is CCCC/C=C/CC/C=C/CC/C=C/C(O)C(COP(=O)(O)OCC[N+](C)(C)C)NC(=O)CCCCCCCCCCCCCCCCCCC/C=C\CCCCCCCCCC. The summed E-state index contributed by atoms with van der Waals surface area (Å²) in [5, 5.41) is 13.8. The minimum absolute atomic E-state index is 0.0534. The molecule has 1 amide bonds. The largest absolute Gasteiger partial charge is 0.472 e. The average molecular weight is 908 g/mol. The molecular formula is C54H104N2O6P+. The van der Waals surface area contributed by atoms with E-state index >= 15 is 0 Å². The zero-order chi connectivity index (χ0) is 46.4. The van der Waals surface area contributed by atoms with Crippen LogP contribution in [0.15, 0.2) is 48.6 Å². The van der Waals surface area contributed by atoms with Gasteiger partial charge < -0.3 is 19.8 Å². The number of likely N-dealkylation sites (N-methyl/N-ethyl adjacent to an activating group) is 1. The van der Waals surface area contributed by atoms with E-state index in [-0.39, 0.29) is 19.1 Å². The first kappa shape index (κ1) is 61.5. The first-order chi connectivity index (χ1) is 30.5. The Kier molecular flexibility index (Phi) is 44.5. The van der Waals surface area contributed by atoms with Crippen molar-refractivity contribution in [2.45, 2.75) is 251 Å². The molecule has 3 atom stereocenters. The number of unbranched alkanes of at least 4 members (excludes halogenated alkanes) is 29. The molecule has 370 valence electrons. The molecule has 0 spiro atoms. The third-order valence-electron chi connectivity index (χ3n) is 11.7. The summed E-state index contributed by atoms with van der Waals surface area (Å²) in [4.78, 5) is 23.2. The number of rotatable bonds is 48. The Labute approximate surface area is 390 Å². The van der Waals surface area contributed by atoms with Crippen molar-refractivity contribution in [2.24, 2.45) is 0 Å². The first-order valence-corrected chi connectivity index (χ1v) is 28.0. The van der Waals surface area contributed by atoms with E-state index in [0.29, 0.717) is 17.4 Å². The lowest BCUT2D eigenvalue weighted by atomic mass is 10.0. The van der Waals surface area contributed by atoms with Crippen molar-refractivity contribution in [1.82, 2.24) is 5.32 Å². The first-order valence-electron chi connectivity index (χ1n) is 26.5. The minimum Gasteiger partial charge on any atom is -0.387 e. The van der Waals surface area contributed by atoms with E-state index in [1.165, 1.54) is 167 Å². The third-order valence-corrected chi connectivity index (χ3v) is 12.7. The Morgan fingerprint density at radius 1 is 0.524 bits per heavy atom. The number of nitrogens with zero attached hydrogens (tertiary/aromatic N) is 1. The average Bonchev–Trinajstić information content (AvgIpc) is 3.24. The highest BCUT2D eigenvalue weighted by molar-refractivity contribution is 7.47. The summed E-state index contributed by atoms with van der Waals surface area (Å²) in [5.41, 5.74) is 0. The van der Waals surface area contributed by atoms with Crippen molar-refractivity contribution in [3.63, 3.8) is 0 Å². The standard InChI is InChI=1S/C54H103N2O6P/c1-6-8-10-12-14-16-18-20-21-22-23-24-25-26-27-28-29-30-31-32-33-34-35-36-38-40-42-44-46-48-54(58)55-52(51-62-63(59,60)61-50-49-56(3,4)5)53(57)47-45-43-41-39-37-19-17-15-13-11-9-7-2/h13,15,22-23,37,39,45,47,52-53,57H,6-12,14,16-21,24-36,38,40-44,46,48-51H2,1-5H3,(H-,55,58,59,60)/p+1/b15-13+,23-22-,39-37+,47-45+. The molecular weight excluding hydrogens is 804 g/mol.